The van der Waals surface area contributed by atoms with E-state index in [0.717, 1.165) is 11.3 Å². The zero-order chi connectivity index (χ0) is 15.2. The molecule has 1 unspecified atom stereocenters. The predicted molar refractivity (Wildman–Crippen MR) is 79.4 cm³/mol. The summed E-state index contributed by atoms with van der Waals surface area (Å²) >= 11 is 0. The van der Waals surface area contributed by atoms with Crippen molar-refractivity contribution in [3.05, 3.63) is 29.8 Å². The molecule has 5 nitrogen and oxygen atoms in total. The Morgan fingerprint density at radius 3 is 2.95 bits per heavy atom. The third kappa shape index (κ3) is 4.19. The number of morpholine rings is 1. The molecule has 1 aromatic carbocycles. The molecule has 0 bridgehead atoms. The molecule has 0 radical (unpaired) electrons. The molecule has 2 rings (SSSR count). The van der Waals surface area contributed by atoms with Gasteiger partial charge < -0.3 is 19.5 Å². The first kappa shape index (κ1) is 15.8. The average Bonchev–Trinajstić information content (AvgIpc) is 2.52. The topological polar surface area (TPSA) is 59.0 Å². The molecular formula is C16H23NO4. The lowest BCUT2D eigenvalue weighted by atomic mass is 10.0. The number of aliphatic hydroxyl groups is 1. The Hall–Kier alpha value is -1.59. The molecular weight excluding hydrogens is 270 g/mol. The highest BCUT2D eigenvalue weighted by Gasteiger charge is 2.24. The van der Waals surface area contributed by atoms with Crippen molar-refractivity contribution in [1.82, 2.24) is 4.90 Å². The van der Waals surface area contributed by atoms with E-state index in [-0.39, 0.29) is 25.2 Å². The summed E-state index contributed by atoms with van der Waals surface area (Å²) in [4.78, 5) is 13.9. The van der Waals surface area contributed by atoms with E-state index in [9.17, 15) is 4.79 Å². The van der Waals surface area contributed by atoms with Crippen molar-refractivity contribution in [1.29, 1.82) is 0 Å². The number of carbonyl (C=O) groups excluding carboxylic acids is 1. The van der Waals surface area contributed by atoms with Gasteiger partial charge in [0.25, 0.3) is 5.91 Å². The van der Waals surface area contributed by atoms with Crippen molar-refractivity contribution >= 4 is 5.91 Å². The molecule has 1 heterocycles. The van der Waals surface area contributed by atoms with Gasteiger partial charge in [0.15, 0.2) is 6.61 Å². The summed E-state index contributed by atoms with van der Waals surface area (Å²) in [6.45, 7) is 5.56. The van der Waals surface area contributed by atoms with Crippen LogP contribution in [-0.2, 0) is 9.53 Å². The van der Waals surface area contributed by atoms with E-state index in [0.29, 0.717) is 25.6 Å². The molecule has 1 N–H and O–H groups in total. The fourth-order valence-corrected chi connectivity index (χ4v) is 2.38. The molecule has 0 aromatic heterocycles. The molecule has 0 spiro atoms. The van der Waals surface area contributed by atoms with Gasteiger partial charge in [0.05, 0.1) is 19.3 Å². The summed E-state index contributed by atoms with van der Waals surface area (Å²) in [6, 6.07) is 7.78. The van der Waals surface area contributed by atoms with Crippen LogP contribution < -0.4 is 4.74 Å². The molecule has 1 aromatic rings. The Bertz CT molecular complexity index is 475. The number of benzene rings is 1. The molecule has 1 aliphatic rings. The Morgan fingerprint density at radius 2 is 2.24 bits per heavy atom. The van der Waals surface area contributed by atoms with Gasteiger partial charge in [-0.05, 0) is 17.5 Å². The minimum atomic E-state index is -0.286. The van der Waals surface area contributed by atoms with Gasteiger partial charge >= 0.3 is 0 Å². The predicted octanol–water partition coefficient (Wildman–Crippen LogP) is 1.41. The zero-order valence-corrected chi connectivity index (χ0v) is 12.6. The van der Waals surface area contributed by atoms with Gasteiger partial charge in [0.2, 0.25) is 0 Å². The van der Waals surface area contributed by atoms with Crippen LogP contribution in [0.3, 0.4) is 0 Å². The molecule has 5 heteroatoms. The molecule has 1 atom stereocenters. The number of hydrogen-bond donors (Lipinski definition) is 1. The summed E-state index contributed by atoms with van der Waals surface area (Å²) in [7, 11) is 0. The number of rotatable bonds is 5. The highest BCUT2D eigenvalue weighted by molar-refractivity contribution is 5.78. The van der Waals surface area contributed by atoms with Crippen LogP contribution in [0.1, 0.15) is 25.3 Å². The summed E-state index contributed by atoms with van der Waals surface area (Å²) in [5.41, 5.74) is 1.10. The van der Waals surface area contributed by atoms with Crippen molar-refractivity contribution in [2.24, 2.45) is 0 Å². The standard InChI is InChI=1S/C16H23NO4/c1-12(2)14-5-3-4-6-15(14)21-11-16(19)17-7-8-20-13(9-17)10-18/h3-6,12-13,18H,7-11H2,1-2H3. The van der Waals surface area contributed by atoms with Gasteiger partial charge in [-0.15, -0.1) is 0 Å². The largest absolute Gasteiger partial charge is 0.483 e. The van der Waals surface area contributed by atoms with E-state index in [2.05, 4.69) is 13.8 Å². The molecule has 1 aliphatic heterocycles. The maximum atomic E-state index is 12.2. The van der Waals surface area contributed by atoms with Crippen molar-refractivity contribution < 1.29 is 19.4 Å². The minimum Gasteiger partial charge on any atom is -0.483 e. The van der Waals surface area contributed by atoms with Crippen LogP contribution in [0, 0.1) is 0 Å². The summed E-state index contributed by atoms with van der Waals surface area (Å²) < 4.78 is 11.0. The number of amides is 1. The monoisotopic (exact) mass is 293 g/mol. The number of para-hydroxylation sites is 1. The van der Waals surface area contributed by atoms with Gasteiger partial charge in [0.1, 0.15) is 5.75 Å². The van der Waals surface area contributed by atoms with E-state index >= 15 is 0 Å². The molecule has 116 valence electrons. The average molecular weight is 293 g/mol. The van der Waals surface area contributed by atoms with Crippen LogP contribution in [0.5, 0.6) is 5.75 Å². The van der Waals surface area contributed by atoms with Gasteiger partial charge in [-0.1, -0.05) is 32.0 Å². The molecule has 1 fully saturated rings. The first-order valence-electron chi connectivity index (χ1n) is 7.33. The molecule has 1 amide bonds. The SMILES string of the molecule is CC(C)c1ccccc1OCC(=O)N1CCOC(CO)C1. The smallest absolute Gasteiger partial charge is 0.260 e. The lowest BCUT2D eigenvalue weighted by Gasteiger charge is -2.32. The molecule has 0 saturated carbocycles. The third-order valence-corrected chi connectivity index (χ3v) is 3.59. The minimum absolute atomic E-state index is 0.0158. The van der Waals surface area contributed by atoms with Gasteiger partial charge in [-0.3, -0.25) is 4.79 Å². The summed E-state index contributed by atoms with van der Waals surface area (Å²) in [6.07, 6.45) is -0.286. The zero-order valence-electron chi connectivity index (χ0n) is 12.6. The molecule has 0 aliphatic carbocycles. The Kier molecular flexibility index (Phi) is 5.59. The normalized spacial score (nSPS) is 18.9. The number of aliphatic hydroxyl groups excluding tert-OH is 1. The van der Waals surface area contributed by atoms with Crippen molar-refractivity contribution in [2.75, 3.05) is 32.9 Å². The lowest BCUT2D eigenvalue weighted by molar-refractivity contribution is -0.142. The Labute approximate surface area is 125 Å². The van der Waals surface area contributed by atoms with Gasteiger partial charge in [0, 0.05) is 13.1 Å². The maximum Gasteiger partial charge on any atom is 0.260 e. The number of carbonyl (C=O) groups is 1. The second-order valence-corrected chi connectivity index (χ2v) is 5.50. The number of nitrogens with zero attached hydrogens (tertiary/aromatic N) is 1. The van der Waals surface area contributed by atoms with Crippen LogP contribution in [-0.4, -0.2) is 54.9 Å². The van der Waals surface area contributed by atoms with E-state index < -0.39 is 0 Å². The van der Waals surface area contributed by atoms with Crippen LogP contribution >= 0.6 is 0 Å². The van der Waals surface area contributed by atoms with Gasteiger partial charge in [-0.25, -0.2) is 0 Å². The van der Waals surface area contributed by atoms with E-state index in [4.69, 9.17) is 14.6 Å². The quantitative estimate of drug-likeness (QED) is 0.892. The highest BCUT2D eigenvalue weighted by atomic mass is 16.5. The van der Waals surface area contributed by atoms with Crippen molar-refractivity contribution in [3.8, 4) is 5.75 Å². The first-order chi connectivity index (χ1) is 10.1. The van der Waals surface area contributed by atoms with Crippen LogP contribution in [0.25, 0.3) is 0 Å². The van der Waals surface area contributed by atoms with Crippen molar-refractivity contribution in [2.45, 2.75) is 25.9 Å². The number of ether oxygens (including phenoxy) is 2. The second-order valence-electron chi connectivity index (χ2n) is 5.50. The van der Waals surface area contributed by atoms with E-state index in [1.807, 2.05) is 24.3 Å². The van der Waals surface area contributed by atoms with Gasteiger partial charge in [-0.2, -0.15) is 0 Å². The number of hydrogen-bond acceptors (Lipinski definition) is 4. The van der Waals surface area contributed by atoms with E-state index in [1.54, 1.807) is 4.90 Å². The van der Waals surface area contributed by atoms with Crippen LogP contribution in [0.4, 0.5) is 0 Å². The van der Waals surface area contributed by atoms with Crippen LogP contribution in [0.15, 0.2) is 24.3 Å². The summed E-state index contributed by atoms with van der Waals surface area (Å²) in [5, 5.41) is 9.10. The maximum absolute atomic E-state index is 12.2. The Morgan fingerprint density at radius 1 is 1.48 bits per heavy atom. The Balaban J connectivity index is 1.92. The fourth-order valence-electron chi connectivity index (χ4n) is 2.38. The second kappa shape index (κ2) is 7.43. The first-order valence-corrected chi connectivity index (χ1v) is 7.33. The third-order valence-electron chi connectivity index (χ3n) is 3.59. The summed E-state index contributed by atoms with van der Waals surface area (Å²) in [5.74, 6) is 1.03. The van der Waals surface area contributed by atoms with Crippen LogP contribution in [0.2, 0.25) is 0 Å². The fraction of sp³-hybridized carbons (Fsp3) is 0.562. The molecule has 1 saturated heterocycles. The highest BCUT2D eigenvalue weighted by Crippen LogP contribution is 2.25. The van der Waals surface area contributed by atoms with E-state index in [1.165, 1.54) is 0 Å². The lowest BCUT2D eigenvalue weighted by Crippen LogP contribution is -2.48. The molecule has 21 heavy (non-hydrogen) atoms. The van der Waals surface area contributed by atoms with Crippen molar-refractivity contribution in [3.63, 3.8) is 0 Å².